The third-order valence-electron chi connectivity index (χ3n) is 2.22. The summed E-state index contributed by atoms with van der Waals surface area (Å²) in [6, 6.07) is 1.98. The molecule has 0 radical (unpaired) electrons. The third kappa shape index (κ3) is 1.51. The lowest BCUT2D eigenvalue weighted by Crippen LogP contribution is -2.28. The predicted octanol–water partition coefficient (Wildman–Crippen LogP) is 1.10. The first-order valence-electron chi connectivity index (χ1n) is 3.77. The summed E-state index contributed by atoms with van der Waals surface area (Å²) in [4.78, 5) is 10.9. The molecule has 1 aliphatic carbocycles. The van der Waals surface area contributed by atoms with Crippen LogP contribution in [0.4, 0.5) is 0 Å². The van der Waals surface area contributed by atoms with E-state index in [2.05, 4.69) is 4.74 Å². The van der Waals surface area contributed by atoms with Crippen molar-refractivity contribution >= 4 is 5.97 Å². The van der Waals surface area contributed by atoms with Crippen molar-refractivity contribution in [1.29, 1.82) is 5.26 Å². The third-order valence-corrected chi connectivity index (χ3v) is 2.22. The number of hydrogen-bond acceptors (Lipinski definition) is 3. The quantitative estimate of drug-likeness (QED) is 0.558. The zero-order valence-electron chi connectivity index (χ0n) is 6.54. The van der Waals surface area contributed by atoms with Crippen molar-refractivity contribution in [2.24, 2.45) is 11.8 Å². The molecule has 3 nitrogen and oxygen atoms in total. The molecular formula is C8H11NO2. The molecule has 60 valence electrons. The second-order valence-electron chi connectivity index (χ2n) is 2.82. The molecule has 0 aromatic carbocycles. The minimum Gasteiger partial charge on any atom is -0.468 e. The van der Waals surface area contributed by atoms with E-state index in [9.17, 15) is 4.79 Å². The van der Waals surface area contributed by atoms with Gasteiger partial charge in [0.25, 0.3) is 0 Å². The van der Waals surface area contributed by atoms with Gasteiger partial charge in [-0.3, -0.25) is 4.79 Å². The van der Waals surface area contributed by atoms with Gasteiger partial charge in [-0.05, 0) is 18.8 Å². The molecule has 0 amide bonds. The summed E-state index contributed by atoms with van der Waals surface area (Å²) in [5, 5.41) is 8.61. The summed E-state index contributed by atoms with van der Waals surface area (Å²) in [5.41, 5.74) is 0. The largest absolute Gasteiger partial charge is 0.468 e. The standard InChI is InChI=1S/C8H11NO2/c1-11-8(10)7(5-9)6-3-2-4-6/h6-7H,2-4H2,1H3. The summed E-state index contributed by atoms with van der Waals surface area (Å²) in [6.07, 6.45) is 3.13. The molecule has 3 heteroatoms. The molecule has 1 fully saturated rings. The first-order chi connectivity index (χ1) is 5.29. The van der Waals surface area contributed by atoms with Crippen LogP contribution in [0.3, 0.4) is 0 Å². The van der Waals surface area contributed by atoms with Crippen LogP contribution in [0.2, 0.25) is 0 Å². The molecule has 0 aromatic heterocycles. The van der Waals surface area contributed by atoms with Crippen molar-refractivity contribution in [1.82, 2.24) is 0 Å². The molecule has 0 N–H and O–H groups in total. The zero-order valence-corrected chi connectivity index (χ0v) is 6.54. The van der Waals surface area contributed by atoms with Crippen molar-refractivity contribution in [3.05, 3.63) is 0 Å². The number of hydrogen-bond donors (Lipinski definition) is 0. The molecule has 0 bridgehead atoms. The number of ether oxygens (including phenoxy) is 1. The average Bonchev–Trinajstić information content (AvgIpc) is 1.94. The maximum atomic E-state index is 10.9. The van der Waals surface area contributed by atoms with E-state index >= 15 is 0 Å². The van der Waals surface area contributed by atoms with E-state index < -0.39 is 5.92 Å². The van der Waals surface area contributed by atoms with E-state index in [1.807, 2.05) is 6.07 Å². The van der Waals surface area contributed by atoms with E-state index in [0.29, 0.717) is 0 Å². The van der Waals surface area contributed by atoms with Crippen LogP contribution < -0.4 is 0 Å². The summed E-state index contributed by atoms with van der Waals surface area (Å²) in [5.74, 6) is -0.640. The van der Waals surface area contributed by atoms with Crippen LogP contribution in [0.15, 0.2) is 0 Å². The fourth-order valence-electron chi connectivity index (χ4n) is 1.25. The average molecular weight is 153 g/mol. The molecule has 0 aliphatic heterocycles. The van der Waals surface area contributed by atoms with Crippen molar-refractivity contribution in [3.63, 3.8) is 0 Å². The smallest absolute Gasteiger partial charge is 0.323 e. The number of carbonyl (C=O) groups excluding carboxylic acids is 1. The molecule has 1 rings (SSSR count). The monoisotopic (exact) mass is 153 g/mol. The zero-order chi connectivity index (χ0) is 8.27. The van der Waals surface area contributed by atoms with Gasteiger partial charge in [0.1, 0.15) is 5.92 Å². The van der Waals surface area contributed by atoms with Crippen LogP contribution in [0.5, 0.6) is 0 Å². The number of carbonyl (C=O) groups is 1. The van der Waals surface area contributed by atoms with Crippen LogP contribution in [0.25, 0.3) is 0 Å². The van der Waals surface area contributed by atoms with Crippen LogP contribution in [-0.4, -0.2) is 13.1 Å². The van der Waals surface area contributed by atoms with E-state index in [1.54, 1.807) is 0 Å². The SMILES string of the molecule is COC(=O)C(C#N)C1CCC1. The first-order valence-corrected chi connectivity index (χ1v) is 3.77. The van der Waals surface area contributed by atoms with Gasteiger partial charge < -0.3 is 4.74 Å². The molecule has 0 aromatic rings. The van der Waals surface area contributed by atoms with Crippen LogP contribution >= 0.6 is 0 Å². The van der Waals surface area contributed by atoms with Gasteiger partial charge in [0, 0.05) is 0 Å². The van der Waals surface area contributed by atoms with Gasteiger partial charge in [-0.25, -0.2) is 0 Å². The number of nitrogens with zero attached hydrogens (tertiary/aromatic N) is 1. The number of nitriles is 1. The lowest BCUT2D eigenvalue weighted by Gasteiger charge is -2.27. The van der Waals surface area contributed by atoms with E-state index in [4.69, 9.17) is 5.26 Å². The van der Waals surface area contributed by atoms with E-state index in [0.717, 1.165) is 19.3 Å². The van der Waals surface area contributed by atoms with E-state index in [1.165, 1.54) is 7.11 Å². The Labute approximate surface area is 66.0 Å². The summed E-state index contributed by atoms with van der Waals surface area (Å²) < 4.78 is 4.50. The molecule has 0 saturated heterocycles. The van der Waals surface area contributed by atoms with E-state index in [-0.39, 0.29) is 11.9 Å². The maximum absolute atomic E-state index is 10.9. The van der Waals surface area contributed by atoms with Gasteiger partial charge >= 0.3 is 5.97 Å². The minimum absolute atomic E-state index is 0.257. The molecule has 1 atom stereocenters. The lowest BCUT2D eigenvalue weighted by molar-refractivity contribution is -0.146. The molecule has 0 heterocycles. The molecule has 1 unspecified atom stereocenters. The topological polar surface area (TPSA) is 50.1 Å². The van der Waals surface area contributed by atoms with Crippen LogP contribution in [0.1, 0.15) is 19.3 Å². The Morgan fingerprint density at radius 3 is 2.64 bits per heavy atom. The van der Waals surface area contributed by atoms with Gasteiger partial charge in [0.15, 0.2) is 0 Å². The Hall–Kier alpha value is -1.04. The summed E-state index contributed by atoms with van der Waals surface area (Å²) >= 11 is 0. The second kappa shape index (κ2) is 3.38. The van der Waals surface area contributed by atoms with Crippen LogP contribution in [-0.2, 0) is 9.53 Å². The highest BCUT2D eigenvalue weighted by Gasteiger charge is 2.33. The van der Waals surface area contributed by atoms with Gasteiger partial charge in [-0.1, -0.05) is 6.42 Å². The highest BCUT2D eigenvalue weighted by Crippen LogP contribution is 2.33. The fourth-order valence-corrected chi connectivity index (χ4v) is 1.25. The maximum Gasteiger partial charge on any atom is 0.323 e. The van der Waals surface area contributed by atoms with Crippen LogP contribution in [0, 0.1) is 23.2 Å². The number of esters is 1. The number of methoxy groups -OCH3 is 1. The Bertz CT molecular complexity index is 191. The molecular weight excluding hydrogens is 142 g/mol. The minimum atomic E-state index is -0.520. The van der Waals surface area contributed by atoms with Gasteiger partial charge in [-0.2, -0.15) is 5.26 Å². The van der Waals surface area contributed by atoms with Gasteiger partial charge in [-0.15, -0.1) is 0 Å². The van der Waals surface area contributed by atoms with Crippen molar-refractivity contribution < 1.29 is 9.53 Å². The predicted molar refractivity (Wildman–Crippen MR) is 38.5 cm³/mol. The molecule has 1 aliphatic rings. The Morgan fingerprint density at radius 2 is 2.36 bits per heavy atom. The molecule has 0 spiro atoms. The highest BCUT2D eigenvalue weighted by molar-refractivity contribution is 5.75. The fraction of sp³-hybridized carbons (Fsp3) is 0.750. The normalized spacial score (nSPS) is 19.6. The van der Waals surface area contributed by atoms with Gasteiger partial charge in [0.2, 0.25) is 0 Å². The Morgan fingerprint density at radius 1 is 1.73 bits per heavy atom. The first kappa shape index (κ1) is 8.06. The van der Waals surface area contributed by atoms with Gasteiger partial charge in [0.05, 0.1) is 13.2 Å². The summed E-state index contributed by atoms with van der Waals surface area (Å²) in [7, 11) is 1.32. The second-order valence-corrected chi connectivity index (χ2v) is 2.82. The van der Waals surface area contributed by atoms with Crippen molar-refractivity contribution in [2.45, 2.75) is 19.3 Å². The molecule has 1 saturated carbocycles. The highest BCUT2D eigenvalue weighted by atomic mass is 16.5. The molecule has 11 heavy (non-hydrogen) atoms. The van der Waals surface area contributed by atoms with Crippen molar-refractivity contribution in [3.8, 4) is 6.07 Å². The van der Waals surface area contributed by atoms with Crippen molar-refractivity contribution in [2.75, 3.05) is 7.11 Å². The summed E-state index contributed by atoms with van der Waals surface area (Å²) in [6.45, 7) is 0. The Balaban J connectivity index is 2.49. The Kier molecular flexibility index (Phi) is 2.48. The number of rotatable bonds is 2. The lowest BCUT2D eigenvalue weighted by atomic mass is 9.76.